The molecule has 0 aliphatic heterocycles. The fourth-order valence-electron chi connectivity index (χ4n) is 2.50. The molecule has 0 saturated carbocycles. The van der Waals surface area contributed by atoms with Crippen LogP contribution in [-0.4, -0.2) is 36.6 Å². The summed E-state index contributed by atoms with van der Waals surface area (Å²) in [7, 11) is 4.55. The van der Waals surface area contributed by atoms with Gasteiger partial charge in [-0.25, -0.2) is 4.98 Å². The van der Waals surface area contributed by atoms with Crippen LogP contribution in [0.5, 0.6) is 17.2 Å². The Morgan fingerprint density at radius 3 is 2.50 bits per heavy atom. The molecule has 3 aromatic rings. The highest BCUT2D eigenvalue weighted by Crippen LogP contribution is 2.38. The van der Waals surface area contributed by atoms with Crippen molar-refractivity contribution in [1.82, 2.24) is 14.7 Å². The number of benzene rings is 1. The highest BCUT2D eigenvalue weighted by atomic mass is 32.1. The van der Waals surface area contributed by atoms with Crippen LogP contribution in [0.25, 0.3) is 4.96 Å². The van der Waals surface area contributed by atoms with E-state index in [9.17, 15) is 9.59 Å². The number of thiazole rings is 1. The van der Waals surface area contributed by atoms with E-state index >= 15 is 0 Å². The number of nitrogens with one attached hydrogen (secondary N) is 1. The Labute approximate surface area is 153 Å². The normalized spacial score (nSPS) is 10.6. The van der Waals surface area contributed by atoms with Crippen molar-refractivity contribution >= 4 is 22.2 Å². The van der Waals surface area contributed by atoms with E-state index in [4.69, 9.17) is 14.2 Å². The topological polar surface area (TPSA) is 91.2 Å². The largest absolute Gasteiger partial charge is 0.493 e. The van der Waals surface area contributed by atoms with Crippen LogP contribution in [0.4, 0.5) is 0 Å². The first-order chi connectivity index (χ1) is 12.6. The Morgan fingerprint density at radius 2 is 1.88 bits per heavy atom. The van der Waals surface area contributed by atoms with Crippen LogP contribution in [0.3, 0.4) is 0 Å². The van der Waals surface area contributed by atoms with Crippen molar-refractivity contribution in [3.63, 3.8) is 0 Å². The average molecular weight is 375 g/mol. The predicted octanol–water partition coefficient (Wildman–Crippen LogP) is 1.71. The molecule has 0 unspecified atom stereocenters. The molecule has 136 valence electrons. The first kappa shape index (κ1) is 17.7. The molecule has 0 aliphatic carbocycles. The molecule has 8 nitrogen and oxygen atoms in total. The Morgan fingerprint density at radius 1 is 1.19 bits per heavy atom. The zero-order chi connectivity index (χ0) is 18.7. The van der Waals surface area contributed by atoms with E-state index in [1.54, 1.807) is 23.7 Å². The summed E-state index contributed by atoms with van der Waals surface area (Å²) in [6.45, 7) is 0.182. The second kappa shape index (κ2) is 7.44. The van der Waals surface area contributed by atoms with E-state index in [0.29, 0.717) is 22.2 Å². The third-order valence-corrected chi connectivity index (χ3v) is 4.54. The first-order valence-corrected chi connectivity index (χ1v) is 8.49. The predicted molar refractivity (Wildman–Crippen MR) is 96.6 cm³/mol. The molecule has 0 spiro atoms. The Hall–Kier alpha value is -3.07. The van der Waals surface area contributed by atoms with E-state index in [0.717, 1.165) is 5.56 Å². The van der Waals surface area contributed by atoms with Crippen LogP contribution in [-0.2, 0) is 6.54 Å². The Bertz CT molecular complexity index is 986. The van der Waals surface area contributed by atoms with Gasteiger partial charge in [0.25, 0.3) is 11.5 Å². The van der Waals surface area contributed by atoms with Crippen LogP contribution in [0, 0.1) is 0 Å². The first-order valence-electron chi connectivity index (χ1n) is 7.61. The lowest BCUT2D eigenvalue weighted by Gasteiger charge is -2.14. The van der Waals surface area contributed by atoms with Gasteiger partial charge in [-0.05, 0) is 17.7 Å². The third-order valence-electron chi connectivity index (χ3n) is 3.76. The lowest BCUT2D eigenvalue weighted by molar-refractivity contribution is 0.0949. The zero-order valence-electron chi connectivity index (χ0n) is 14.4. The van der Waals surface area contributed by atoms with Crippen molar-refractivity contribution in [3.8, 4) is 17.2 Å². The third kappa shape index (κ3) is 3.21. The van der Waals surface area contributed by atoms with E-state index in [-0.39, 0.29) is 12.1 Å². The minimum atomic E-state index is -0.503. The van der Waals surface area contributed by atoms with Crippen LogP contribution in [0.15, 0.2) is 34.7 Å². The summed E-state index contributed by atoms with van der Waals surface area (Å²) in [4.78, 5) is 29.4. The summed E-state index contributed by atoms with van der Waals surface area (Å²) in [5.74, 6) is 0.933. The van der Waals surface area contributed by atoms with Gasteiger partial charge < -0.3 is 19.5 Å². The molecular weight excluding hydrogens is 358 g/mol. The maximum Gasteiger partial charge on any atom is 0.271 e. The number of hydrogen-bond acceptors (Lipinski definition) is 7. The molecule has 2 aromatic heterocycles. The van der Waals surface area contributed by atoms with Gasteiger partial charge in [0.2, 0.25) is 5.75 Å². The average Bonchev–Trinajstić information content (AvgIpc) is 3.15. The molecule has 0 radical (unpaired) electrons. The summed E-state index contributed by atoms with van der Waals surface area (Å²) in [6.07, 6.45) is 2.88. The summed E-state index contributed by atoms with van der Waals surface area (Å²) in [6, 6.07) is 3.46. The number of carbonyl (C=O) groups is 1. The molecule has 0 saturated heterocycles. The maximum atomic E-state index is 12.4. The zero-order valence-corrected chi connectivity index (χ0v) is 15.3. The van der Waals surface area contributed by atoms with Gasteiger partial charge in [-0.1, -0.05) is 0 Å². The van der Waals surface area contributed by atoms with Crippen molar-refractivity contribution < 1.29 is 19.0 Å². The van der Waals surface area contributed by atoms with Crippen LogP contribution in [0.2, 0.25) is 0 Å². The molecule has 1 N–H and O–H groups in total. The fourth-order valence-corrected chi connectivity index (χ4v) is 3.17. The van der Waals surface area contributed by atoms with Gasteiger partial charge in [-0.15, -0.1) is 11.3 Å². The number of ether oxygens (including phenoxy) is 3. The number of aromatic nitrogens is 2. The molecular formula is C17H17N3O5S. The number of fused-ring (bicyclic) bond motifs is 1. The second-order valence-electron chi connectivity index (χ2n) is 5.25. The van der Waals surface area contributed by atoms with Crippen LogP contribution < -0.4 is 25.1 Å². The van der Waals surface area contributed by atoms with Gasteiger partial charge in [0, 0.05) is 24.3 Å². The molecule has 0 bridgehead atoms. The maximum absolute atomic E-state index is 12.4. The highest BCUT2D eigenvalue weighted by Gasteiger charge is 2.16. The SMILES string of the molecule is COc1cc(CNC(=O)c2cnc3sccn3c2=O)cc(OC)c1OC. The Kier molecular flexibility index (Phi) is 5.08. The number of amides is 1. The molecule has 26 heavy (non-hydrogen) atoms. The molecule has 2 heterocycles. The van der Waals surface area contributed by atoms with Crippen molar-refractivity contribution in [2.24, 2.45) is 0 Å². The van der Waals surface area contributed by atoms with E-state index in [2.05, 4.69) is 10.3 Å². The van der Waals surface area contributed by atoms with Gasteiger partial charge in [-0.3, -0.25) is 14.0 Å². The molecule has 9 heteroatoms. The second-order valence-corrected chi connectivity index (χ2v) is 6.12. The molecule has 3 rings (SSSR count). The van der Waals surface area contributed by atoms with Crippen molar-refractivity contribution in [1.29, 1.82) is 0 Å². The van der Waals surface area contributed by atoms with Gasteiger partial charge in [0.05, 0.1) is 21.3 Å². The van der Waals surface area contributed by atoms with Gasteiger partial charge in [-0.2, -0.15) is 0 Å². The summed E-state index contributed by atoms with van der Waals surface area (Å²) < 4.78 is 17.2. The van der Waals surface area contributed by atoms with E-state index < -0.39 is 11.5 Å². The van der Waals surface area contributed by atoms with Crippen molar-refractivity contribution in [3.05, 3.63) is 51.4 Å². The standard InChI is InChI=1S/C17H17N3O5S/c1-23-12-6-10(7-13(24-2)14(12)25-3)8-18-15(21)11-9-19-17-20(16(11)22)4-5-26-17/h4-7,9H,8H2,1-3H3,(H,18,21). The highest BCUT2D eigenvalue weighted by molar-refractivity contribution is 7.15. The van der Waals surface area contributed by atoms with E-state index in [1.165, 1.54) is 43.3 Å². The van der Waals surface area contributed by atoms with Gasteiger partial charge in [0.1, 0.15) is 5.56 Å². The van der Waals surface area contributed by atoms with E-state index in [1.807, 2.05) is 0 Å². The quantitative estimate of drug-likeness (QED) is 0.705. The summed E-state index contributed by atoms with van der Waals surface area (Å²) >= 11 is 1.32. The lowest BCUT2D eigenvalue weighted by atomic mass is 10.1. The lowest BCUT2D eigenvalue weighted by Crippen LogP contribution is -2.30. The van der Waals surface area contributed by atoms with Crippen molar-refractivity contribution in [2.45, 2.75) is 6.54 Å². The monoisotopic (exact) mass is 375 g/mol. The summed E-state index contributed by atoms with van der Waals surface area (Å²) in [5.41, 5.74) is 0.310. The van der Waals surface area contributed by atoms with Gasteiger partial charge in [0.15, 0.2) is 16.5 Å². The van der Waals surface area contributed by atoms with Crippen molar-refractivity contribution in [2.75, 3.05) is 21.3 Å². The minimum absolute atomic E-state index is 0.0201. The molecule has 1 amide bonds. The molecule has 0 fully saturated rings. The minimum Gasteiger partial charge on any atom is -0.493 e. The number of hydrogen-bond donors (Lipinski definition) is 1. The molecule has 1 aromatic carbocycles. The summed E-state index contributed by atoms with van der Waals surface area (Å²) in [5, 5.41) is 4.45. The number of carbonyl (C=O) groups excluding carboxylic acids is 1. The van der Waals surface area contributed by atoms with Crippen LogP contribution >= 0.6 is 11.3 Å². The van der Waals surface area contributed by atoms with Gasteiger partial charge >= 0.3 is 0 Å². The molecule has 0 aliphatic rings. The molecule has 0 atom stereocenters. The Balaban J connectivity index is 1.82. The van der Waals surface area contributed by atoms with Crippen LogP contribution in [0.1, 0.15) is 15.9 Å². The number of methoxy groups -OCH3 is 3. The number of rotatable bonds is 6. The smallest absolute Gasteiger partial charge is 0.271 e. The fraction of sp³-hybridized carbons (Fsp3) is 0.235. The number of nitrogens with zero attached hydrogens (tertiary/aromatic N) is 2.